The van der Waals surface area contributed by atoms with E-state index in [1.54, 1.807) is 0 Å². The van der Waals surface area contributed by atoms with Crippen LogP contribution in [0.25, 0.3) is 0 Å². The van der Waals surface area contributed by atoms with Crippen molar-refractivity contribution in [3.05, 3.63) is 131 Å². The summed E-state index contributed by atoms with van der Waals surface area (Å²) in [5, 5.41) is 0. The van der Waals surface area contributed by atoms with Crippen LogP contribution >= 0.6 is 0 Å². The molecule has 0 N–H and O–H groups in total. The standard InChI is InChI=1S/C42H44BNO/c1-6-8-13-30-18-21-32(22-19-30)44-38-25-17-29(3)27-37(38)43-36-28-34(45-33-15-11-10-12-16-33)23-24-35(36)42(4,5)40-31(14-9-7-2)20-26-39(44)41(40)43/h10-12,15-28H,6-9,13-14H2,1-5H3. The first-order valence-electron chi connectivity index (χ1n) is 16.9. The molecule has 0 amide bonds. The number of aryl methyl sites for hydroxylation is 3. The zero-order chi connectivity index (χ0) is 31.1. The van der Waals surface area contributed by atoms with Crippen molar-refractivity contribution in [3.63, 3.8) is 0 Å². The number of unbranched alkanes of at least 4 members (excludes halogenated alkanes) is 2. The molecule has 0 radical (unpaired) electrons. The molecule has 5 aromatic carbocycles. The monoisotopic (exact) mass is 589 g/mol. The quantitative estimate of drug-likeness (QED) is 0.156. The van der Waals surface area contributed by atoms with Crippen molar-refractivity contribution < 1.29 is 4.74 Å². The lowest BCUT2D eigenvalue weighted by Crippen LogP contribution is -2.64. The number of para-hydroxylation sites is 1. The summed E-state index contributed by atoms with van der Waals surface area (Å²) in [6.45, 7) is 11.8. The first kappa shape index (κ1) is 29.5. The number of rotatable bonds is 9. The molecule has 0 spiro atoms. The van der Waals surface area contributed by atoms with Crippen molar-refractivity contribution in [2.75, 3.05) is 4.90 Å². The van der Waals surface area contributed by atoms with E-state index in [1.807, 2.05) is 30.3 Å². The molecule has 0 fully saturated rings. The highest BCUT2D eigenvalue weighted by molar-refractivity contribution is 6.99. The number of nitrogens with zero attached hydrogens (tertiary/aromatic N) is 1. The largest absolute Gasteiger partial charge is 0.457 e. The number of hydrogen-bond acceptors (Lipinski definition) is 2. The van der Waals surface area contributed by atoms with E-state index in [4.69, 9.17) is 4.74 Å². The molecule has 2 nitrogen and oxygen atoms in total. The second kappa shape index (κ2) is 11.9. The Morgan fingerprint density at radius 1 is 0.689 bits per heavy atom. The van der Waals surface area contributed by atoms with Gasteiger partial charge in [-0.25, -0.2) is 0 Å². The van der Waals surface area contributed by atoms with E-state index in [0.717, 1.165) is 24.3 Å². The fraction of sp³-hybridized carbons (Fsp3) is 0.286. The lowest BCUT2D eigenvalue weighted by Gasteiger charge is -2.46. The summed E-state index contributed by atoms with van der Waals surface area (Å²) < 4.78 is 6.45. The average Bonchev–Trinajstić information content (AvgIpc) is 3.05. The Balaban J connectivity index is 1.46. The highest BCUT2D eigenvalue weighted by Gasteiger charge is 2.47. The van der Waals surface area contributed by atoms with Crippen LogP contribution in [0.1, 0.15) is 81.2 Å². The highest BCUT2D eigenvalue weighted by atomic mass is 16.5. The third kappa shape index (κ3) is 5.17. The number of fused-ring (bicyclic) bond motifs is 4. The van der Waals surface area contributed by atoms with Crippen LogP contribution in [0.5, 0.6) is 11.5 Å². The molecule has 226 valence electrons. The summed E-state index contributed by atoms with van der Waals surface area (Å²) in [7, 11) is 0. The molecule has 0 atom stereocenters. The Morgan fingerprint density at radius 2 is 1.42 bits per heavy atom. The van der Waals surface area contributed by atoms with Crippen molar-refractivity contribution >= 4 is 40.2 Å². The van der Waals surface area contributed by atoms with Gasteiger partial charge in [-0.2, -0.15) is 0 Å². The molecule has 0 saturated heterocycles. The molecule has 0 saturated carbocycles. The minimum absolute atomic E-state index is 0.133. The molecule has 45 heavy (non-hydrogen) atoms. The van der Waals surface area contributed by atoms with Crippen LogP contribution in [0.2, 0.25) is 0 Å². The predicted molar refractivity (Wildman–Crippen MR) is 193 cm³/mol. The normalized spacial score (nSPS) is 14.1. The van der Waals surface area contributed by atoms with Gasteiger partial charge >= 0.3 is 0 Å². The van der Waals surface area contributed by atoms with E-state index >= 15 is 0 Å². The molecule has 0 aliphatic carbocycles. The van der Waals surface area contributed by atoms with Crippen LogP contribution in [0, 0.1) is 6.92 Å². The van der Waals surface area contributed by atoms with Crippen LogP contribution in [-0.4, -0.2) is 6.71 Å². The Bertz CT molecular complexity index is 1840. The van der Waals surface area contributed by atoms with Gasteiger partial charge in [0.15, 0.2) is 0 Å². The second-order valence-corrected chi connectivity index (χ2v) is 13.5. The maximum atomic E-state index is 6.45. The van der Waals surface area contributed by atoms with Crippen LogP contribution in [0.15, 0.2) is 103 Å². The fourth-order valence-electron chi connectivity index (χ4n) is 7.81. The van der Waals surface area contributed by atoms with Crippen molar-refractivity contribution in [1.29, 1.82) is 0 Å². The summed E-state index contributed by atoms with van der Waals surface area (Å²) >= 11 is 0. The van der Waals surface area contributed by atoms with E-state index in [0.29, 0.717) is 0 Å². The third-order valence-electron chi connectivity index (χ3n) is 10.00. The number of hydrogen-bond donors (Lipinski definition) is 0. The Hall–Kier alpha value is -4.24. The SMILES string of the molecule is CCCCc1ccc(N2c3ccc(C)cc3B3c4cc(Oc5ccccc5)ccc4C(C)(C)c4c(CCCC)ccc2c43)cc1. The van der Waals surface area contributed by atoms with Crippen LogP contribution < -0.4 is 26.0 Å². The Morgan fingerprint density at radius 3 is 2.18 bits per heavy atom. The second-order valence-electron chi connectivity index (χ2n) is 13.5. The lowest BCUT2D eigenvalue weighted by molar-refractivity contribution is 0.482. The van der Waals surface area contributed by atoms with E-state index in [1.165, 1.54) is 87.0 Å². The number of anilines is 3. The maximum Gasteiger partial charge on any atom is 0.247 e. The summed E-state index contributed by atoms with van der Waals surface area (Å²) in [5.74, 6) is 1.76. The smallest absolute Gasteiger partial charge is 0.247 e. The van der Waals surface area contributed by atoms with E-state index in [-0.39, 0.29) is 12.1 Å². The van der Waals surface area contributed by atoms with Crippen LogP contribution in [0.3, 0.4) is 0 Å². The summed E-state index contributed by atoms with van der Waals surface area (Å²) in [6.07, 6.45) is 7.07. The first-order chi connectivity index (χ1) is 21.9. The predicted octanol–water partition coefficient (Wildman–Crippen LogP) is 9.41. The lowest BCUT2D eigenvalue weighted by atomic mass is 9.30. The third-order valence-corrected chi connectivity index (χ3v) is 10.00. The number of ether oxygens (including phenoxy) is 1. The molecule has 0 aromatic heterocycles. The minimum atomic E-state index is -0.150. The van der Waals surface area contributed by atoms with Gasteiger partial charge in [-0.3, -0.25) is 0 Å². The molecule has 7 rings (SSSR count). The van der Waals surface area contributed by atoms with Crippen molar-refractivity contribution in [2.24, 2.45) is 0 Å². The van der Waals surface area contributed by atoms with Crippen molar-refractivity contribution in [3.8, 4) is 11.5 Å². The molecular formula is C42H44BNO. The van der Waals surface area contributed by atoms with Gasteiger partial charge in [0, 0.05) is 22.5 Å². The Labute approximate surface area is 270 Å². The molecule has 3 heteroatoms. The van der Waals surface area contributed by atoms with Gasteiger partial charge in [-0.15, -0.1) is 0 Å². The molecule has 2 aliphatic rings. The van der Waals surface area contributed by atoms with Gasteiger partial charge in [0.1, 0.15) is 11.5 Å². The summed E-state index contributed by atoms with van der Waals surface area (Å²) in [5.41, 5.74) is 15.0. The van der Waals surface area contributed by atoms with E-state index < -0.39 is 0 Å². The first-order valence-corrected chi connectivity index (χ1v) is 16.9. The molecule has 0 unspecified atom stereocenters. The fourth-order valence-corrected chi connectivity index (χ4v) is 7.81. The van der Waals surface area contributed by atoms with Gasteiger partial charge in [0.05, 0.1) is 0 Å². The van der Waals surface area contributed by atoms with Crippen LogP contribution in [-0.2, 0) is 18.3 Å². The van der Waals surface area contributed by atoms with Crippen molar-refractivity contribution in [1.82, 2.24) is 0 Å². The number of benzene rings is 5. The molecule has 2 heterocycles. The molecular weight excluding hydrogens is 545 g/mol. The van der Waals surface area contributed by atoms with Crippen LogP contribution in [0.4, 0.5) is 17.1 Å². The minimum Gasteiger partial charge on any atom is -0.457 e. The zero-order valence-corrected chi connectivity index (χ0v) is 27.5. The molecule has 2 aliphatic heterocycles. The van der Waals surface area contributed by atoms with Gasteiger partial charge < -0.3 is 9.64 Å². The van der Waals surface area contributed by atoms with Gasteiger partial charge in [0.2, 0.25) is 6.71 Å². The average molecular weight is 590 g/mol. The topological polar surface area (TPSA) is 12.5 Å². The van der Waals surface area contributed by atoms with Gasteiger partial charge in [0.25, 0.3) is 0 Å². The highest BCUT2D eigenvalue weighted by Crippen LogP contribution is 2.44. The maximum absolute atomic E-state index is 6.45. The molecule has 5 aromatic rings. The van der Waals surface area contributed by atoms with E-state index in [2.05, 4.69) is 112 Å². The summed E-state index contributed by atoms with van der Waals surface area (Å²) in [6, 6.07) is 38.2. The van der Waals surface area contributed by atoms with Gasteiger partial charge in [-0.05, 0) is 114 Å². The summed E-state index contributed by atoms with van der Waals surface area (Å²) in [4.78, 5) is 2.53. The van der Waals surface area contributed by atoms with Gasteiger partial charge in [-0.1, -0.05) is 106 Å². The van der Waals surface area contributed by atoms with Crippen molar-refractivity contribution in [2.45, 2.75) is 78.6 Å². The Kier molecular flexibility index (Phi) is 7.82. The molecule has 0 bridgehead atoms. The zero-order valence-electron chi connectivity index (χ0n) is 27.5. The van der Waals surface area contributed by atoms with E-state index in [9.17, 15) is 0 Å².